The summed E-state index contributed by atoms with van der Waals surface area (Å²) in [6.07, 6.45) is 1.10. The van der Waals surface area contributed by atoms with Crippen LogP contribution in [-0.2, 0) is 11.2 Å². The minimum atomic E-state index is -0.421. The van der Waals surface area contributed by atoms with Crippen LogP contribution in [0.25, 0.3) is 22.8 Å². The van der Waals surface area contributed by atoms with E-state index in [0.29, 0.717) is 35.2 Å². The second-order valence-corrected chi connectivity index (χ2v) is 7.74. The van der Waals surface area contributed by atoms with E-state index in [1.807, 2.05) is 32.0 Å². The van der Waals surface area contributed by atoms with Crippen LogP contribution in [0.15, 0.2) is 40.9 Å². The lowest BCUT2D eigenvalue weighted by molar-refractivity contribution is 0.148. The summed E-state index contributed by atoms with van der Waals surface area (Å²) in [7, 11) is 0. The molecule has 4 rings (SSSR count). The van der Waals surface area contributed by atoms with Gasteiger partial charge in [0.15, 0.2) is 0 Å². The smallest absolute Gasteiger partial charge is 0.407 e. The maximum absolute atomic E-state index is 11.9. The highest BCUT2D eigenvalue weighted by molar-refractivity contribution is 5.70. The third-order valence-electron chi connectivity index (χ3n) is 5.21. The highest BCUT2D eigenvalue weighted by atomic mass is 16.5. The molecule has 164 valence electrons. The standard InChI is InChI=1S/C24H24N4O4/c1-4-30-24(29)26-20-10-9-17-18(20)6-5-7-19(17)22-27-23(32-28-22)15-8-11-21(31-14(2)3)16(12-15)13-25/h5-8,11-12,14,20H,4,9-10H2,1-3H3,(H,26,29)/t20-/m1/s1. The third-order valence-corrected chi connectivity index (χ3v) is 5.21. The van der Waals surface area contributed by atoms with Gasteiger partial charge < -0.3 is 19.3 Å². The number of carbonyl (C=O) groups is 1. The fraction of sp³-hybridized carbons (Fsp3) is 0.333. The Hall–Kier alpha value is -3.86. The number of nitrogens with one attached hydrogen (secondary N) is 1. The van der Waals surface area contributed by atoms with Gasteiger partial charge in [0.2, 0.25) is 5.82 Å². The van der Waals surface area contributed by atoms with Gasteiger partial charge in [0.05, 0.1) is 24.3 Å². The molecule has 32 heavy (non-hydrogen) atoms. The zero-order valence-corrected chi connectivity index (χ0v) is 18.2. The molecule has 1 atom stereocenters. The van der Waals surface area contributed by atoms with Crippen molar-refractivity contribution in [1.82, 2.24) is 15.5 Å². The van der Waals surface area contributed by atoms with Crippen LogP contribution in [0, 0.1) is 11.3 Å². The average molecular weight is 432 g/mol. The van der Waals surface area contributed by atoms with Crippen molar-refractivity contribution < 1.29 is 18.8 Å². The van der Waals surface area contributed by atoms with Crippen molar-refractivity contribution in [3.05, 3.63) is 53.1 Å². The highest BCUT2D eigenvalue weighted by Crippen LogP contribution is 2.37. The van der Waals surface area contributed by atoms with Crippen molar-refractivity contribution in [1.29, 1.82) is 5.26 Å². The first-order chi connectivity index (χ1) is 15.5. The Bertz CT molecular complexity index is 1180. The number of aromatic nitrogens is 2. The maximum atomic E-state index is 11.9. The number of fused-ring (bicyclic) bond motifs is 1. The van der Waals surface area contributed by atoms with Crippen molar-refractivity contribution in [3.8, 4) is 34.7 Å². The molecular formula is C24H24N4O4. The number of benzene rings is 2. The van der Waals surface area contributed by atoms with E-state index >= 15 is 0 Å². The van der Waals surface area contributed by atoms with Crippen LogP contribution < -0.4 is 10.1 Å². The highest BCUT2D eigenvalue weighted by Gasteiger charge is 2.28. The van der Waals surface area contributed by atoms with Gasteiger partial charge in [0.1, 0.15) is 11.8 Å². The molecule has 0 saturated heterocycles. The molecule has 1 aliphatic carbocycles. The molecule has 0 spiro atoms. The predicted octanol–water partition coefficient (Wildman–Crippen LogP) is 4.80. The van der Waals surface area contributed by atoms with Crippen LogP contribution in [0.4, 0.5) is 4.79 Å². The first-order valence-electron chi connectivity index (χ1n) is 10.6. The number of ether oxygens (including phenoxy) is 2. The summed E-state index contributed by atoms with van der Waals surface area (Å²) in [6, 6.07) is 13.1. The van der Waals surface area contributed by atoms with Gasteiger partial charge in [-0.25, -0.2) is 4.79 Å². The van der Waals surface area contributed by atoms with Gasteiger partial charge in [-0.05, 0) is 62.9 Å². The molecule has 3 aromatic rings. The van der Waals surface area contributed by atoms with E-state index in [0.717, 1.165) is 29.5 Å². The lowest BCUT2D eigenvalue weighted by Crippen LogP contribution is -2.27. The third kappa shape index (κ3) is 4.28. The molecule has 0 unspecified atom stereocenters. The van der Waals surface area contributed by atoms with E-state index in [2.05, 4.69) is 21.5 Å². The summed E-state index contributed by atoms with van der Waals surface area (Å²) in [5.74, 6) is 1.31. The van der Waals surface area contributed by atoms with Gasteiger partial charge >= 0.3 is 6.09 Å². The van der Waals surface area contributed by atoms with Crippen molar-refractivity contribution in [3.63, 3.8) is 0 Å². The maximum Gasteiger partial charge on any atom is 0.407 e. The minimum absolute atomic E-state index is 0.0368. The van der Waals surface area contributed by atoms with Crippen molar-refractivity contribution in [2.75, 3.05) is 6.61 Å². The van der Waals surface area contributed by atoms with E-state index < -0.39 is 6.09 Å². The Morgan fingerprint density at radius 2 is 2.19 bits per heavy atom. The summed E-state index contributed by atoms with van der Waals surface area (Å²) < 4.78 is 16.2. The van der Waals surface area contributed by atoms with Crippen LogP contribution in [0.1, 0.15) is 49.9 Å². The second kappa shape index (κ2) is 9.10. The quantitative estimate of drug-likeness (QED) is 0.596. The van der Waals surface area contributed by atoms with E-state index in [9.17, 15) is 10.1 Å². The SMILES string of the molecule is CCOC(=O)N[C@@H]1CCc2c(-c3noc(-c4ccc(OC(C)C)c(C#N)c4)n3)cccc21. The lowest BCUT2D eigenvalue weighted by atomic mass is 10.0. The molecule has 0 radical (unpaired) electrons. The molecule has 8 nitrogen and oxygen atoms in total. The summed E-state index contributed by atoms with van der Waals surface area (Å²) in [4.78, 5) is 16.4. The number of rotatable bonds is 6. The van der Waals surface area contributed by atoms with E-state index in [1.54, 1.807) is 25.1 Å². The van der Waals surface area contributed by atoms with Gasteiger partial charge in [-0.3, -0.25) is 0 Å². The van der Waals surface area contributed by atoms with Crippen LogP contribution in [0.2, 0.25) is 0 Å². The van der Waals surface area contributed by atoms with E-state index in [-0.39, 0.29) is 12.1 Å². The zero-order chi connectivity index (χ0) is 22.7. The molecule has 0 fully saturated rings. The molecule has 1 heterocycles. The van der Waals surface area contributed by atoms with Gasteiger partial charge in [-0.15, -0.1) is 0 Å². The van der Waals surface area contributed by atoms with Gasteiger partial charge in [0, 0.05) is 11.1 Å². The molecule has 0 saturated carbocycles. The summed E-state index contributed by atoms with van der Waals surface area (Å²) in [5.41, 5.74) is 4.03. The van der Waals surface area contributed by atoms with Crippen LogP contribution in [0.3, 0.4) is 0 Å². The molecule has 8 heteroatoms. The Morgan fingerprint density at radius 3 is 2.94 bits per heavy atom. The number of nitrogens with zero attached hydrogens (tertiary/aromatic N) is 3. The summed E-state index contributed by atoms with van der Waals surface area (Å²) in [6.45, 7) is 5.92. The first kappa shape index (κ1) is 21.4. The van der Waals surface area contributed by atoms with Crippen LogP contribution in [-0.4, -0.2) is 28.9 Å². The average Bonchev–Trinajstić information content (AvgIpc) is 3.41. The molecule has 1 N–H and O–H groups in total. The second-order valence-electron chi connectivity index (χ2n) is 7.74. The van der Waals surface area contributed by atoms with Crippen LogP contribution >= 0.6 is 0 Å². The summed E-state index contributed by atoms with van der Waals surface area (Å²) in [5, 5.41) is 16.6. The fourth-order valence-electron chi connectivity index (χ4n) is 3.89. The molecular weight excluding hydrogens is 408 g/mol. The number of nitriles is 1. The number of hydrogen-bond donors (Lipinski definition) is 1. The van der Waals surface area contributed by atoms with Crippen molar-refractivity contribution >= 4 is 6.09 Å². The predicted molar refractivity (Wildman–Crippen MR) is 117 cm³/mol. The van der Waals surface area contributed by atoms with Gasteiger partial charge in [0.25, 0.3) is 5.89 Å². The molecule has 0 bridgehead atoms. The van der Waals surface area contributed by atoms with Gasteiger partial charge in [-0.1, -0.05) is 23.4 Å². The fourth-order valence-corrected chi connectivity index (χ4v) is 3.89. The number of alkyl carbamates (subject to hydrolysis) is 1. The number of amides is 1. The number of carbonyl (C=O) groups excluding carboxylic acids is 1. The molecule has 2 aromatic carbocycles. The molecule has 1 aliphatic rings. The lowest BCUT2D eigenvalue weighted by Gasteiger charge is -2.14. The molecule has 0 aliphatic heterocycles. The Kier molecular flexibility index (Phi) is 6.08. The Morgan fingerprint density at radius 1 is 1.34 bits per heavy atom. The van der Waals surface area contributed by atoms with E-state index in [1.165, 1.54) is 0 Å². The molecule has 1 amide bonds. The molecule has 1 aromatic heterocycles. The number of hydrogen-bond acceptors (Lipinski definition) is 7. The summed E-state index contributed by atoms with van der Waals surface area (Å²) >= 11 is 0. The van der Waals surface area contributed by atoms with Crippen molar-refractivity contribution in [2.45, 2.75) is 45.8 Å². The van der Waals surface area contributed by atoms with Gasteiger partial charge in [-0.2, -0.15) is 10.2 Å². The topological polar surface area (TPSA) is 110 Å². The minimum Gasteiger partial charge on any atom is -0.490 e. The first-order valence-corrected chi connectivity index (χ1v) is 10.6. The zero-order valence-electron chi connectivity index (χ0n) is 18.2. The Balaban J connectivity index is 1.61. The van der Waals surface area contributed by atoms with Crippen LogP contribution in [0.5, 0.6) is 5.75 Å². The largest absolute Gasteiger partial charge is 0.490 e. The Labute approximate surface area is 186 Å². The normalized spacial score (nSPS) is 14.7. The van der Waals surface area contributed by atoms with Crippen molar-refractivity contribution in [2.24, 2.45) is 0 Å². The monoisotopic (exact) mass is 432 g/mol. The van der Waals surface area contributed by atoms with E-state index in [4.69, 9.17) is 14.0 Å².